The topological polar surface area (TPSA) is 99.1 Å². The van der Waals surface area contributed by atoms with Crippen molar-refractivity contribution in [3.8, 4) is 0 Å². The average Bonchev–Trinajstić information content (AvgIpc) is 3.28. The van der Waals surface area contributed by atoms with Gasteiger partial charge in [-0.1, -0.05) is 237 Å². The van der Waals surface area contributed by atoms with Crippen LogP contribution in [0.4, 0.5) is 0 Å². The zero-order valence-electron chi connectivity index (χ0n) is 44.2. The lowest BCUT2D eigenvalue weighted by Gasteiger charge is -2.31. The van der Waals surface area contributed by atoms with Crippen LogP contribution < -0.4 is 0 Å². The first-order valence-corrected chi connectivity index (χ1v) is 28.0. The molecule has 2 atom stereocenters. The number of quaternary nitrogens is 1. The number of carbonyl (C=O) groups is 3. The van der Waals surface area contributed by atoms with E-state index in [-0.39, 0.29) is 36.2 Å². The average molecular weight is 932 g/mol. The number of likely N-dealkylation sites (N-methyl/N-ethyl adjacent to an activating group) is 1. The van der Waals surface area contributed by atoms with Crippen molar-refractivity contribution in [3.63, 3.8) is 0 Å². The summed E-state index contributed by atoms with van der Waals surface area (Å²) in [7, 11) is 5.55. The highest BCUT2D eigenvalue weighted by molar-refractivity contribution is 5.72. The molecular weight excluding hydrogens is 823 g/mol. The van der Waals surface area contributed by atoms with Crippen LogP contribution in [-0.2, 0) is 28.6 Å². The number of nitrogens with zero attached hydrogens (tertiary/aromatic N) is 1. The largest absolute Gasteiger partial charge is 0.477 e. The Morgan fingerprint density at radius 1 is 0.470 bits per heavy atom. The third-order valence-electron chi connectivity index (χ3n) is 12.8. The van der Waals surface area contributed by atoms with E-state index in [2.05, 4.69) is 50.3 Å². The minimum atomic E-state index is -0.871. The summed E-state index contributed by atoms with van der Waals surface area (Å²) in [6, 6.07) is -0.614. The first kappa shape index (κ1) is 63.5. The number of hydrogen-bond donors (Lipinski definition) is 1. The van der Waals surface area contributed by atoms with Crippen LogP contribution in [0.5, 0.6) is 0 Å². The molecule has 0 fully saturated rings. The Hall–Kier alpha value is -2.45. The summed E-state index contributed by atoms with van der Waals surface area (Å²) >= 11 is 0. The van der Waals surface area contributed by atoms with E-state index in [1.165, 1.54) is 173 Å². The normalized spacial score (nSPS) is 13.0. The molecule has 0 aromatic carbocycles. The number of carboxylic acids is 1. The Bertz CT molecular complexity index is 1170. The lowest BCUT2D eigenvalue weighted by atomic mass is 10.0. The van der Waals surface area contributed by atoms with E-state index < -0.39 is 18.1 Å². The van der Waals surface area contributed by atoms with Gasteiger partial charge in [0.2, 0.25) is 0 Å². The monoisotopic (exact) mass is 931 g/mol. The van der Waals surface area contributed by atoms with Crippen LogP contribution in [0.1, 0.15) is 264 Å². The van der Waals surface area contributed by atoms with Crippen molar-refractivity contribution in [3.05, 3.63) is 36.5 Å². The number of hydrogen-bond acceptors (Lipinski definition) is 6. The highest BCUT2D eigenvalue weighted by atomic mass is 16.6. The smallest absolute Gasteiger partial charge is 0.362 e. The fraction of sp³-hybridized carbons (Fsp3) is 0.845. The Morgan fingerprint density at radius 3 is 1.26 bits per heavy atom. The van der Waals surface area contributed by atoms with Crippen molar-refractivity contribution >= 4 is 17.9 Å². The second kappa shape index (κ2) is 49.0. The Kier molecular flexibility index (Phi) is 47.2. The van der Waals surface area contributed by atoms with Gasteiger partial charge in [-0.2, -0.15) is 0 Å². The molecule has 0 amide bonds. The van der Waals surface area contributed by atoms with Gasteiger partial charge in [0.05, 0.1) is 34.4 Å². The van der Waals surface area contributed by atoms with Crippen LogP contribution in [0, 0.1) is 0 Å². The summed E-state index contributed by atoms with van der Waals surface area (Å²) in [5.41, 5.74) is 0. The Morgan fingerprint density at radius 2 is 0.848 bits per heavy atom. The third-order valence-corrected chi connectivity index (χ3v) is 12.8. The number of carbonyl (C=O) groups excluding carboxylic acids is 2. The SMILES string of the molecule is CC/C=C/C/C=C/C/C=C/CCCCCCCCCCCCCC(=O)OCC(COCCC(C(=O)O)[N+](C)(C)C)OC(=O)CCCCCCCCCCCCCCCCCCCCCCC. The number of aliphatic carboxylic acids is 1. The molecule has 66 heavy (non-hydrogen) atoms. The maximum absolute atomic E-state index is 12.8. The van der Waals surface area contributed by atoms with Gasteiger partial charge in [-0.05, 0) is 44.9 Å². The van der Waals surface area contributed by atoms with E-state index in [1.54, 1.807) is 0 Å². The second-order valence-electron chi connectivity index (χ2n) is 20.2. The predicted molar refractivity (Wildman–Crippen MR) is 280 cm³/mol. The van der Waals surface area contributed by atoms with Crippen LogP contribution in [0.25, 0.3) is 0 Å². The number of allylic oxidation sites excluding steroid dienone is 6. The van der Waals surface area contributed by atoms with Crippen molar-refractivity contribution in [2.75, 3.05) is 41.0 Å². The molecule has 2 unspecified atom stereocenters. The lowest BCUT2D eigenvalue weighted by Crippen LogP contribution is -2.50. The van der Waals surface area contributed by atoms with Gasteiger partial charge in [-0.15, -0.1) is 0 Å². The summed E-state index contributed by atoms with van der Waals surface area (Å²) < 4.78 is 17.4. The molecule has 0 heterocycles. The fourth-order valence-electron chi connectivity index (χ4n) is 8.52. The van der Waals surface area contributed by atoms with E-state index in [0.29, 0.717) is 19.3 Å². The van der Waals surface area contributed by atoms with Crippen LogP contribution >= 0.6 is 0 Å². The maximum atomic E-state index is 12.8. The molecule has 0 aliphatic heterocycles. The zero-order chi connectivity index (χ0) is 48.4. The van der Waals surface area contributed by atoms with Gasteiger partial charge in [0.1, 0.15) is 6.61 Å². The number of ether oxygens (including phenoxy) is 3. The Balaban J connectivity index is 4.15. The van der Waals surface area contributed by atoms with Crippen molar-refractivity contribution in [1.82, 2.24) is 0 Å². The molecule has 1 N–H and O–H groups in total. The van der Waals surface area contributed by atoms with Crippen molar-refractivity contribution < 1.29 is 38.2 Å². The van der Waals surface area contributed by atoms with Gasteiger partial charge < -0.3 is 23.8 Å². The molecule has 0 saturated carbocycles. The number of unbranched alkanes of at least 4 members (excludes halogenated alkanes) is 31. The Labute approximate surface area is 408 Å². The zero-order valence-corrected chi connectivity index (χ0v) is 44.2. The van der Waals surface area contributed by atoms with E-state index in [4.69, 9.17) is 14.2 Å². The molecule has 386 valence electrons. The molecule has 0 spiro atoms. The maximum Gasteiger partial charge on any atom is 0.362 e. The van der Waals surface area contributed by atoms with Gasteiger partial charge in [0.25, 0.3) is 0 Å². The standard InChI is InChI=1S/C58H107NO7/c1-6-8-10-12-14-16-18-20-22-24-26-28-30-32-34-36-38-40-42-44-46-48-56(60)65-53-54(52-64-51-50-55(58(62)63)59(3,4)5)66-57(61)49-47-45-43-41-39-37-35-33-31-29-27-25-23-21-19-17-15-13-11-9-7-2/h8,10,14,16,20,22,54-55H,6-7,9,11-13,15,17-19,21,23-53H2,1-5H3/p+1/b10-8+,16-14+,22-20+. The van der Waals surface area contributed by atoms with E-state index in [9.17, 15) is 19.5 Å². The van der Waals surface area contributed by atoms with Gasteiger partial charge in [-0.25, -0.2) is 4.79 Å². The predicted octanol–water partition coefficient (Wildman–Crippen LogP) is 16.5. The molecule has 8 nitrogen and oxygen atoms in total. The minimum Gasteiger partial charge on any atom is -0.477 e. The van der Waals surface area contributed by atoms with E-state index in [1.807, 2.05) is 21.1 Å². The van der Waals surface area contributed by atoms with Gasteiger partial charge in [0, 0.05) is 19.3 Å². The summed E-state index contributed by atoms with van der Waals surface area (Å²) in [6.45, 7) is 4.68. The third kappa shape index (κ3) is 46.7. The van der Waals surface area contributed by atoms with Crippen LogP contribution in [0.2, 0.25) is 0 Å². The molecule has 0 rings (SSSR count). The summed E-state index contributed by atoms with van der Waals surface area (Å²) in [6.07, 6.45) is 59.2. The molecule has 0 bridgehead atoms. The summed E-state index contributed by atoms with van der Waals surface area (Å²) in [4.78, 5) is 37.3. The van der Waals surface area contributed by atoms with Crippen LogP contribution in [0.15, 0.2) is 36.5 Å². The number of carboxylic acid groups (broad SMARTS) is 1. The first-order valence-electron chi connectivity index (χ1n) is 28.0. The van der Waals surface area contributed by atoms with Crippen molar-refractivity contribution in [2.24, 2.45) is 0 Å². The van der Waals surface area contributed by atoms with Crippen molar-refractivity contribution in [2.45, 2.75) is 276 Å². The quantitative estimate of drug-likeness (QED) is 0.0281. The highest BCUT2D eigenvalue weighted by Crippen LogP contribution is 2.17. The summed E-state index contributed by atoms with van der Waals surface area (Å²) in [5, 5.41) is 9.67. The highest BCUT2D eigenvalue weighted by Gasteiger charge is 2.31. The molecule has 0 aromatic rings. The first-order chi connectivity index (χ1) is 32.1. The minimum absolute atomic E-state index is 0.0483. The molecule has 0 aromatic heterocycles. The molecule has 0 saturated heterocycles. The van der Waals surface area contributed by atoms with Gasteiger partial charge >= 0.3 is 17.9 Å². The second-order valence-corrected chi connectivity index (χ2v) is 20.2. The summed E-state index contributed by atoms with van der Waals surface area (Å²) in [5.74, 6) is -1.45. The van der Waals surface area contributed by atoms with Crippen molar-refractivity contribution in [1.29, 1.82) is 0 Å². The molecule has 0 radical (unpaired) electrons. The molecular formula is C58H108NO7+. The lowest BCUT2D eigenvalue weighted by molar-refractivity contribution is -0.887. The van der Waals surface area contributed by atoms with E-state index >= 15 is 0 Å². The van der Waals surface area contributed by atoms with Crippen LogP contribution in [0.3, 0.4) is 0 Å². The van der Waals surface area contributed by atoms with Crippen LogP contribution in [-0.4, -0.2) is 80.6 Å². The van der Waals surface area contributed by atoms with Gasteiger partial charge in [0.15, 0.2) is 12.1 Å². The number of rotatable bonds is 51. The fourth-order valence-corrected chi connectivity index (χ4v) is 8.52. The van der Waals surface area contributed by atoms with E-state index in [0.717, 1.165) is 57.8 Å². The molecule has 8 heteroatoms. The number of esters is 2. The molecule has 0 aliphatic carbocycles. The van der Waals surface area contributed by atoms with Gasteiger partial charge in [-0.3, -0.25) is 9.59 Å². The molecule has 0 aliphatic rings.